The molecule has 0 amide bonds. The van der Waals surface area contributed by atoms with Gasteiger partial charge in [-0.2, -0.15) is 0 Å². The smallest absolute Gasteiger partial charge is 0.0697 e. The summed E-state index contributed by atoms with van der Waals surface area (Å²) in [6.07, 6.45) is 2.45. The molecule has 1 rings (SSSR count). The molecule has 1 aliphatic rings. The van der Waals surface area contributed by atoms with Gasteiger partial charge in [-0.25, -0.2) is 0 Å². The maximum Gasteiger partial charge on any atom is 0.0697 e. The Morgan fingerprint density at radius 1 is 1.45 bits per heavy atom. The molecule has 1 N–H and O–H groups in total. The van der Waals surface area contributed by atoms with Crippen molar-refractivity contribution >= 4 is 21.6 Å². The molecule has 0 radical (unpaired) electrons. The van der Waals surface area contributed by atoms with Crippen LogP contribution >= 0.6 is 21.6 Å². The van der Waals surface area contributed by atoms with Crippen molar-refractivity contribution in [1.82, 2.24) is 0 Å². The van der Waals surface area contributed by atoms with Crippen LogP contribution in [-0.2, 0) is 4.74 Å². The molecule has 4 heteroatoms. The fourth-order valence-corrected chi connectivity index (χ4v) is 3.90. The average molecular weight is 194 g/mol. The van der Waals surface area contributed by atoms with Crippen LogP contribution in [0.5, 0.6) is 0 Å². The fourth-order valence-electron chi connectivity index (χ4n) is 0.946. The Kier molecular flexibility index (Phi) is 5.45. The first-order chi connectivity index (χ1) is 5.43. The highest BCUT2D eigenvalue weighted by molar-refractivity contribution is 8.77. The van der Waals surface area contributed by atoms with Crippen LogP contribution in [0.15, 0.2) is 0 Å². The molecule has 11 heavy (non-hydrogen) atoms. The minimum atomic E-state index is 0.145. The van der Waals surface area contributed by atoms with Crippen molar-refractivity contribution in [2.24, 2.45) is 0 Å². The summed E-state index contributed by atoms with van der Waals surface area (Å²) in [6, 6.07) is 0. The second-order valence-corrected chi connectivity index (χ2v) is 5.24. The summed E-state index contributed by atoms with van der Waals surface area (Å²) >= 11 is 0. The Morgan fingerprint density at radius 2 is 2.36 bits per heavy atom. The molecule has 66 valence electrons. The summed E-state index contributed by atoms with van der Waals surface area (Å²) in [7, 11) is 3.93. The number of aliphatic hydroxyl groups excluding tert-OH is 1. The minimum Gasteiger partial charge on any atom is -0.394 e. The largest absolute Gasteiger partial charge is 0.394 e. The average Bonchev–Trinajstić information content (AvgIpc) is 2.50. The molecule has 0 aromatic heterocycles. The normalized spacial score (nSPS) is 24.3. The van der Waals surface area contributed by atoms with E-state index in [-0.39, 0.29) is 6.61 Å². The van der Waals surface area contributed by atoms with Crippen molar-refractivity contribution in [2.75, 3.05) is 25.6 Å². The van der Waals surface area contributed by atoms with Crippen molar-refractivity contribution in [1.29, 1.82) is 0 Å². The third-order valence-electron chi connectivity index (χ3n) is 1.55. The van der Waals surface area contributed by atoms with E-state index in [1.165, 1.54) is 12.2 Å². The van der Waals surface area contributed by atoms with Crippen LogP contribution in [0.2, 0.25) is 0 Å². The van der Waals surface area contributed by atoms with Gasteiger partial charge in [-0.3, -0.25) is 0 Å². The molecule has 0 aromatic carbocycles. The highest BCUT2D eigenvalue weighted by Gasteiger charge is 2.15. The van der Waals surface area contributed by atoms with Crippen molar-refractivity contribution < 1.29 is 9.84 Å². The summed E-state index contributed by atoms with van der Waals surface area (Å²) in [5.74, 6) is 1.29. The molecule has 2 nitrogen and oxygen atoms in total. The van der Waals surface area contributed by atoms with Crippen LogP contribution in [0.4, 0.5) is 0 Å². The molecule has 0 bridgehead atoms. The lowest BCUT2D eigenvalue weighted by Crippen LogP contribution is -2.06. The zero-order valence-electron chi connectivity index (χ0n) is 6.49. The van der Waals surface area contributed by atoms with Gasteiger partial charge in [0.1, 0.15) is 0 Å². The van der Waals surface area contributed by atoms with Crippen LogP contribution in [0.3, 0.4) is 0 Å². The molecule has 0 spiro atoms. The summed E-state index contributed by atoms with van der Waals surface area (Å²) in [5.41, 5.74) is 0. The monoisotopic (exact) mass is 194 g/mol. The van der Waals surface area contributed by atoms with E-state index in [0.29, 0.717) is 6.61 Å². The van der Waals surface area contributed by atoms with E-state index in [4.69, 9.17) is 9.84 Å². The molecule has 0 aromatic rings. The lowest BCUT2D eigenvalue weighted by atomic mass is 10.2. The predicted octanol–water partition coefficient (Wildman–Crippen LogP) is 1.54. The van der Waals surface area contributed by atoms with Gasteiger partial charge in [0.15, 0.2) is 0 Å². The second-order valence-electron chi connectivity index (χ2n) is 2.45. The van der Waals surface area contributed by atoms with E-state index in [0.717, 1.165) is 18.3 Å². The standard InChI is InChI=1S/C7H14O2S2/c8-3-5-9-4-1-7-2-6-10-11-7/h7-8H,1-6H2/t7-/m1/s1. The van der Waals surface area contributed by atoms with E-state index in [9.17, 15) is 0 Å². The summed E-state index contributed by atoms with van der Waals surface area (Å²) < 4.78 is 5.17. The van der Waals surface area contributed by atoms with Crippen LogP contribution in [0.1, 0.15) is 12.8 Å². The summed E-state index contributed by atoms with van der Waals surface area (Å²) in [6.45, 7) is 1.44. The van der Waals surface area contributed by atoms with Gasteiger partial charge in [-0.15, -0.1) is 0 Å². The van der Waals surface area contributed by atoms with Crippen LogP contribution in [-0.4, -0.2) is 35.9 Å². The van der Waals surface area contributed by atoms with Crippen molar-refractivity contribution in [3.8, 4) is 0 Å². The topological polar surface area (TPSA) is 29.5 Å². The highest BCUT2D eigenvalue weighted by atomic mass is 33.1. The van der Waals surface area contributed by atoms with Crippen LogP contribution in [0, 0.1) is 0 Å². The van der Waals surface area contributed by atoms with Crippen LogP contribution in [0.25, 0.3) is 0 Å². The van der Waals surface area contributed by atoms with Gasteiger partial charge in [0.2, 0.25) is 0 Å². The quantitative estimate of drug-likeness (QED) is 0.531. The first-order valence-electron chi connectivity index (χ1n) is 3.90. The van der Waals surface area contributed by atoms with E-state index in [1.807, 2.05) is 21.6 Å². The maximum absolute atomic E-state index is 8.42. The number of hydrogen-bond donors (Lipinski definition) is 1. The SMILES string of the molecule is OCCOCC[C@@H]1CCSS1. The molecule has 0 aliphatic carbocycles. The summed E-state index contributed by atoms with van der Waals surface area (Å²) in [4.78, 5) is 0. The van der Waals surface area contributed by atoms with Crippen molar-refractivity contribution in [2.45, 2.75) is 18.1 Å². The molecular weight excluding hydrogens is 180 g/mol. The van der Waals surface area contributed by atoms with E-state index in [1.54, 1.807) is 0 Å². The number of hydrogen-bond acceptors (Lipinski definition) is 4. The first-order valence-corrected chi connectivity index (χ1v) is 6.28. The lowest BCUT2D eigenvalue weighted by Gasteiger charge is -2.06. The Balaban J connectivity index is 1.86. The Hall–Kier alpha value is 0.620. The maximum atomic E-state index is 8.42. The fraction of sp³-hybridized carbons (Fsp3) is 1.00. The van der Waals surface area contributed by atoms with Gasteiger partial charge in [-0.05, 0) is 12.8 Å². The first kappa shape index (κ1) is 9.71. The van der Waals surface area contributed by atoms with E-state index >= 15 is 0 Å². The second kappa shape index (κ2) is 6.17. The Labute approximate surface area is 75.5 Å². The molecule has 1 aliphatic heterocycles. The van der Waals surface area contributed by atoms with E-state index in [2.05, 4.69) is 0 Å². The molecule has 0 saturated carbocycles. The van der Waals surface area contributed by atoms with E-state index < -0.39 is 0 Å². The highest BCUT2D eigenvalue weighted by Crippen LogP contribution is 2.38. The molecular formula is C7H14O2S2. The molecule has 0 unspecified atom stereocenters. The third kappa shape index (κ3) is 4.25. The van der Waals surface area contributed by atoms with Gasteiger partial charge < -0.3 is 9.84 Å². The number of rotatable bonds is 5. The van der Waals surface area contributed by atoms with Crippen LogP contribution < -0.4 is 0 Å². The Bertz CT molecular complexity index is 94.4. The minimum absolute atomic E-state index is 0.145. The molecule has 1 saturated heterocycles. The third-order valence-corrected chi connectivity index (χ3v) is 4.55. The number of aliphatic hydroxyl groups is 1. The van der Waals surface area contributed by atoms with Gasteiger partial charge in [0.25, 0.3) is 0 Å². The lowest BCUT2D eigenvalue weighted by molar-refractivity contribution is 0.0906. The molecule has 1 fully saturated rings. The van der Waals surface area contributed by atoms with Gasteiger partial charge >= 0.3 is 0 Å². The van der Waals surface area contributed by atoms with Crippen molar-refractivity contribution in [3.05, 3.63) is 0 Å². The molecule has 1 atom stereocenters. The Morgan fingerprint density at radius 3 is 3.00 bits per heavy atom. The van der Waals surface area contributed by atoms with Gasteiger partial charge in [-0.1, -0.05) is 21.6 Å². The summed E-state index contributed by atoms with van der Waals surface area (Å²) in [5, 5.41) is 9.21. The predicted molar refractivity (Wildman–Crippen MR) is 51.0 cm³/mol. The molecule has 1 heterocycles. The van der Waals surface area contributed by atoms with Gasteiger partial charge in [0.05, 0.1) is 13.2 Å². The van der Waals surface area contributed by atoms with Crippen molar-refractivity contribution in [3.63, 3.8) is 0 Å². The zero-order valence-corrected chi connectivity index (χ0v) is 8.12. The zero-order chi connectivity index (χ0) is 7.94. The van der Waals surface area contributed by atoms with Gasteiger partial charge in [0, 0.05) is 17.6 Å². The number of ether oxygens (including phenoxy) is 1.